The molecule has 0 aliphatic carbocycles. The Kier molecular flexibility index (Phi) is 4.20. The summed E-state index contributed by atoms with van der Waals surface area (Å²) in [5, 5.41) is 8.59. The highest BCUT2D eigenvalue weighted by atomic mass is 35.5. The fraction of sp³-hybridized carbons (Fsp3) is 0.353. The lowest BCUT2D eigenvalue weighted by atomic mass is 10.1. The lowest BCUT2D eigenvalue weighted by molar-refractivity contribution is 0.0722. The van der Waals surface area contributed by atoms with E-state index in [1.807, 2.05) is 4.90 Å². The number of fused-ring (bicyclic) bond motifs is 1. The van der Waals surface area contributed by atoms with E-state index in [1.165, 1.54) is 0 Å². The molecule has 1 atom stereocenters. The Morgan fingerprint density at radius 3 is 2.88 bits per heavy atom. The van der Waals surface area contributed by atoms with Gasteiger partial charge in [-0.2, -0.15) is 0 Å². The average molecular weight is 373 g/mol. The molecule has 0 saturated carbocycles. The Labute approximate surface area is 153 Å². The molecule has 2 aromatic heterocycles. The van der Waals surface area contributed by atoms with Crippen LogP contribution in [0.4, 0.5) is 0 Å². The number of aryl methyl sites for hydroxylation is 1. The Morgan fingerprint density at radius 2 is 2.12 bits per heavy atom. The maximum absolute atomic E-state index is 12.8. The molecular formula is C17H17ClN6O2. The zero-order valence-corrected chi connectivity index (χ0v) is 14.9. The number of halogens is 1. The lowest BCUT2D eigenvalue weighted by Gasteiger charge is -2.24. The molecule has 1 saturated heterocycles. The third-order valence-corrected chi connectivity index (χ3v) is 4.86. The number of aromatic amines is 1. The van der Waals surface area contributed by atoms with E-state index in [0.717, 1.165) is 12.8 Å². The molecule has 1 amide bonds. The number of carbonyl (C=O) groups excluding carboxylic acids is 1. The number of nitrogens with zero attached hydrogens (tertiary/aromatic N) is 5. The van der Waals surface area contributed by atoms with Gasteiger partial charge in [0.25, 0.3) is 11.5 Å². The van der Waals surface area contributed by atoms with Gasteiger partial charge in [0.15, 0.2) is 11.2 Å². The summed E-state index contributed by atoms with van der Waals surface area (Å²) in [6.07, 6.45) is 1.78. The van der Waals surface area contributed by atoms with Crippen molar-refractivity contribution >= 4 is 28.7 Å². The number of nitrogens with one attached hydrogen (secondary N) is 1. The van der Waals surface area contributed by atoms with Crippen molar-refractivity contribution in [1.82, 2.24) is 29.9 Å². The van der Waals surface area contributed by atoms with Gasteiger partial charge in [0, 0.05) is 17.1 Å². The predicted octanol–water partition coefficient (Wildman–Crippen LogP) is 1.78. The van der Waals surface area contributed by atoms with E-state index in [-0.39, 0.29) is 23.0 Å². The van der Waals surface area contributed by atoms with Gasteiger partial charge in [-0.15, -0.1) is 5.10 Å². The highest BCUT2D eigenvalue weighted by Gasteiger charge is 2.30. The van der Waals surface area contributed by atoms with Crippen LogP contribution in [0.15, 0.2) is 29.1 Å². The number of benzene rings is 1. The standard InChI is InChI=1S/C17H17ClN6O2/c1-10-19-15-14(16(25)20-10)21-22-24(15)9-13-3-2-8-23(13)17(26)11-4-6-12(18)7-5-11/h4-7,13H,2-3,8-9H2,1H3,(H,19,20,25)/t13-/m1/s1. The number of carbonyl (C=O) groups is 1. The van der Waals surface area contributed by atoms with E-state index >= 15 is 0 Å². The third kappa shape index (κ3) is 2.96. The van der Waals surface area contributed by atoms with Crippen LogP contribution < -0.4 is 5.56 Å². The maximum Gasteiger partial charge on any atom is 0.281 e. The van der Waals surface area contributed by atoms with Crippen LogP contribution in [-0.2, 0) is 6.54 Å². The molecule has 8 nitrogen and oxygen atoms in total. The van der Waals surface area contributed by atoms with Crippen molar-refractivity contribution in [3.63, 3.8) is 0 Å². The van der Waals surface area contributed by atoms with Gasteiger partial charge in [0.1, 0.15) is 5.82 Å². The summed E-state index contributed by atoms with van der Waals surface area (Å²) in [5.74, 6) is 0.474. The van der Waals surface area contributed by atoms with E-state index in [2.05, 4.69) is 20.3 Å². The fourth-order valence-corrected chi connectivity index (χ4v) is 3.48. The summed E-state index contributed by atoms with van der Waals surface area (Å²) in [6.45, 7) is 2.85. The van der Waals surface area contributed by atoms with Crippen LogP contribution in [-0.4, -0.2) is 48.4 Å². The molecule has 1 fully saturated rings. The summed E-state index contributed by atoms with van der Waals surface area (Å²) in [4.78, 5) is 33.6. The first-order chi connectivity index (χ1) is 12.5. The number of hydrogen-bond acceptors (Lipinski definition) is 5. The second kappa shape index (κ2) is 6.53. The van der Waals surface area contributed by atoms with Crippen LogP contribution in [0.2, 0.25) is 5.02 Å². The van der Waals surface area contributed by atoms with Crippen molar-refractivity contribution in [2.45, 2.75) is 32.4 Å². The minimum absolute atomic E-state index is 0.0236. The Balaban J connectivity index is 1.61. The zero-order chi connectivity index (χ0) is 18.3. The molecule has 134 valence electrons. The lowest BCUT2D eigenvalue weighted by Crippen LogP contribution is -2.38. The van der Waals surface area contributed by atoms with Crippen molar-refractivity contribution in [1.29, 1.82) is 0 Å². The molecule has 0 spiro atoms. The monoisotopic (exact) mass is 372 g/mol. The number of aromatic nitrogens is 5. The molecule has 0 radical (unpaired) electrons. The summed E-state index contributed by atoms with van der Waals surface area (Å²) in [5.41, 5.74) is 0.954. The minimum Gasteiger partial charge on any atom is -0.334 e. The van der Waals surface area contributed by atoms with E-state index in [0.29, 0.717) is 35.1 Å². The summed E-state index contributed by atoms with van der Waals surface area (Å²) in [7, 11) is 0. The van der Waals surface area contributed by atoms with Crippen LogP contribution >= 0.6 is 11.6 Å². The largest absolute Gasteiger partial charge is 0.334 e. The molecule has 3 aromatic rings. The topological polar surface area (TPSA) is 96.8 Å². The molecule has 3 heterocycles. The molecule has 26 heavy (non-hydrogen) atoms. The number of rotatable bonds is 3. The Bertz CT molecular complexity index is 1030. The van der Waals surface area contributed by atoms with Crippen LogP contribution in [0.1, 0.15) is 29.0 Å². The van der Waals surface area contributed by atoms with Gasteiger partial charge in [0.2, 0.25) is 0 Å². The van der Waals surface area contributed by atoms with Gasteiger partial charge in [0.05, 0.1) is 12.6 Å². The molecule has 1 aromatic carbocycles. The number of amides is 1. The minimum atomic E-state index is -0.306. The molecule has 1 aliphatic rings. The van der Waals surface area contributed by atoms with Crippen molar-refractivity contribution in [3.8, 4) is 0 Å². The SMILES string of the molecule is Cc1nc2c(nnn2C[C@H]2CCCN2C(=O)c2ccc(Cl)cc2)c(=O)[nH]1. The Hall–Kier alpha value is -2.74. The first-order valence-electron chi connectivity index (χ1n) is 8.39. The van der Waals surface area contributed by atoms with E-state index in [4.69, 9.17) is 11.6 Å². The Morgan fingerprint density at radius 1 is 1.35 bits per heavy atom. The fourth-order valence-electron chi connectivity index (χ4n) is 3.35. The molecular weight excluding hydrogens is 356 g/mol. The zero-order valence-electron chi connectivity index (χ0n) is 14.1. The normalized spacial score (nSPS) is 17.2. The van der Waals surface area contributed by atoms with Crippen molar-refractivity contribution in [3.05, 3.63) is 51.0 Å². The van der Waals surface area contributed by atoms with Crippen LogP contribution in [0.5, 0.6) is 0 Å². The maximum atomic E-state index is 12.8. The van der Waals surface area contributed by atoms with Gasteiger partial charge in [-0.25, -0.2) is 9.67 Å². The smallest absolute Gasteiger partial charge is 0.281 e. The van der Waals surface area contributed by atoms with Gasteiger partial charge in [-0.1, -0.05) is 16.8 Å². The molecule has 9 heteroatoms. The van der Waals surface area contributed by atoms with Crippen molar-refractivity contribution < 1.29 is 4.79 Å². The van der Waals surface area contributed by atoms with E-state index < -0.39 is 0 Å². The second-order valence-electron chi connectivity index (χ2n) is 6.40. The summed E-state index contributed by atoms with van der Waals surface area (Å²) >= 11 is 5.90. The third-order valence-electron chi connectivity index (χ3n) is 4.60. The first kappa shape index (κ1) is 16.7. The first-order valence-corrected chi connectivity index (χ1v) is 8.77. The second-order valence-corrected chi connectivity index (χ2v) is 6.83. The van der Waals surface area contributed by atoms with Crippen molar-refractivity contribution in [2.75, 3.05) is 6.54 Å². The molecule has 0 bridgehead atoms. The number of H-pyrrole nitrogens is 1. The van der Waals surface area contributed by atoms with Crippen molar-refractivity contribution in [2.24, 2.45) is 0 Å². The summed E-state index contributed by atoms with van der Waals surface area (Å²) < 4.78 is 1.61. The number of likely N-dealkylation sites (tertiary alicyclic amines) is 1. The van der Waals surface area contributed by atoms with Crippen LogP contribution in [0.25, 0.3) is 11.2 Å². The quantitative estimate of drug-likeness (QED) is 0.755. The van der Waals surface area contributed by atoms with Gasteiger partial charge in [-0.3, -0.25) is 9.59 Å². The molecule has 1 aliphatic heterocycles. The van der Waals surface area contributed by atoms with Gasteiger partial charge >= 0.3 is 0 Å². The van der Waals surface area contributed by atoms with E-state index in [1.54, 1.807) is 35.9 Å². The highest BCUT2D eigenvalue weighted by molar-refractivity contribution is 6.30. The molecule has 4 rings (SSSR count). The van der Waals surface area contributed by atoms with E-state index in [9.17, 15) is 9.59 Å². The van der Waals surface area contributed by atoms with Crippen LogP contribution in [0.3, 0.4) is 0 Å². The molecule has 0 unspecified atom stereocenters. The summed E-state index contributed by atoms with van der Waals surface area (Å²) in [6, 6.07) is 6.86. The number of hydrogen-bond donors (Lipinski definition) is 1. The highest BCUT2D eigenvalue weighted by Crippen LogP contribution is 2.23. The predicted molar refractivity (Wildman–Crippen MR) is 96.2 cm³/mol. The molecule has 1 N–H and O–H groups in total. The van der Waals surface area contributed by atoms with Gasteiger partial charge < -0.3 is 9.88 Å². The van der Waals surface area contributed by atoms with Gasteiger partial charge in [-0.05, 0) is 44.0 Å². The average Bonchev–Trinajstić information content (AvgIpc) is 3.23. The van der Waals surface area contributed by atoms with Crippen LogP contribution in [0, 0.1) is 6.92 Å².